The summed E-state index contributed by atoms with van der Waals surface area (Å²) in [5.74, 6) is 2.41. The zero-order valence-electron chi connectivity index (χ0n) is 12.9. The number of nitrogens with one attached hydrogen (secondary N) is 1. The van der Waals surface area contributed by atoms with Gasteiger partial charge in [0.05, 0.1) is 7.11 Å². The van der Waals surface area contributed by atoms with E-state index in [1.54, 1.807) is 13.4 Å². The van der Waals surface area contributed by atoms with Crippen molar-refractivity contribution >= 4 is 11.6 Å². The van der Waals surface area contributed by atoms with Crippen LogP contribution in [0.1, 0.15) is 19.8 Å². The molecule has 1 N–H and O–H groups in total. The third kappa shape index (κ3) is 3.12. The largest absolute Gasteiger partial charge is 0.490 e. The Morgan fingerprint density at radius 3 is 2.90 bits per heavy atom. The molecule has 0 aliphatic carbocycles. The van der Waals surface area contributed by atoms with E-state index in [0.717, 1.165) is 37.0 Å². The molecule has 1 aromatic heterocycles. The van der Waals surface area contributed by atoms with Crippen molar-refractivity contribution in [2.75, 3.05) is 51.1 Å². The molecule has 0 aromatic carbocycles. The predicted octanol–water partition coefficient (Wildman–Crippen LogP) is 1.45. The van der Waals surface area contributed by atoms with Crippen molar-refractivity contribution in [3.05, 3.63) is 6.33 Å². The Morgan fingerprint density at radius 1 is 1.45 bits per heavy atom. The SMILES string of the molecule is CCNc1ncnc(N2CCCC(N(C)C)C2)c1OC. The van der Waals surface area contributed by atoms with Crippen molar-refractivity contribution < 1.29 is 4.74 Å². The van der Waals surface area contributed by atoms with Gasteiger partial charge in [-0.25, -0.2) is 9.97 Å². The first-order valence-corrected chi connectivity index (χ1v) is 7.21. The molecule has 20 heavy (non-hydrogen) atoms. The minimum atomic E-state index is 0.561. The molecule has 0 radical (unpaired) electrons. The van der Waals surface area contributed by atoms with Crippen LogP contribution in [0.5, 0.6) is 5.75 Å². The summed E-state index contributed by atoms with van der Waals surface area (Å²) in [6.45, 7) is 4.85. The fraction of sp³-hybridized carbons (Fsp3) is 0.714. The Bertz CT molecular complexity index is 438. The number of ether oxygens (including phenoxy) is 1. The summed E-state index contributed by atoms with van der Waals surface area (Å²) >= 11 is 0. The number of hydrogen-bond acceptors (Lipinski definition) is 6. The average Bonchev–Trinajstić information content (AvgIpc) is 2.47. The average molecular weight is 279 g/mol. The summed E-state index contributed by atoms with van der Waals surface area (Å²) in [5.41, 5.74) is 0. The summed E-state index contributed by atoms with van der Waals surface area (Å²) in [6.07, 6.45) is 4.01. The van der Waals surface area contributed by atoms with E-state index in [1.807, 2.05) is 6.92 Å². The van der Waals surface area contributed by atoms with Gasteiger partial charge in [0.1, 0.15) is 6.33 Å². The molecule has 6 nitrogen and oxygen atoms in total. The first-order chi connectivity index (χ1) is 9.67. The maximum atomic E-state index is 5.54. The molecule has 1 unspecified atom stereocenters. The number of nitrogens with zero attached hydrogens (tertiary/aromatic N) is 4. The molecular formula is C14H25N5O. The third-order valence-electron chi connectivity index (χ3n) is 3.76. The monoisotopic (exact) mass is 279 g/mol. The molecule has 1 aliphatic heterocycles. The van der Waals surface area contributed by atoms with Crippen molar-refractivity contribution in [3.63, 3.8) is 0 Å². The van der Waals surface area contributed by atoms with E-state index in [0.29, 0.717) is 6.04 Å². The zero-order chi connectivity index (χ0) is 14.5. The molecule has 1 fully saturated rings. The summed E-state index contributed by atoms with van der Waals surface area (Å²) < 4.78 is 5.54. The van der Waals surface area contributed by atoms with Gasteiger partial charge in [0.2, 0.25) is 5.75 Å². The summed E-state index contributed by atoms with van der Waals surface area (Å²) in [5, 5.41) is 3.23. The Hall–Kier alpha value is -1.56. The highest BCUT2D eigenvalue weighted by atomic mass is 16.5. The Labute approximate surface area is 121 Å². The van der Waals surface area contributed by atoms with E-state index in [1.165, 1.54) is 12.8 Å². The molecule has 2 rings (SSSR count). The predicted molar refractivity (Wildman–Crippen MR) is 81.7 cm³/mol. The molecule has 1 aromatic rings. The Kier molecular flexibility index (Phi) is 5.00. The summed E-state index contributed by atoms with van der Waals surface area (Å²) in [7, 11) is 5.95. The minimum absolute atomic E-state index is 0.561. The van der Waals surface area contributed by atoms with E-state index < -0.39 is 0 Å². The van der Waals surface area contributed by atoms with E-state index in [4.69, 9.17) is 4.74 Å². The maximum absolute atomic E-state index is 5.54. The van der Waals surface area contributed by atoms with Gasteiger partial charge in [-0.3, -0.25) is 0 Å². The minimum Gasteiger partial charge on any atom is -0.490 e. The van der Waals surface area contributed by atoms with Crippen LogP contribution in [-0.2, 0) is 0 Å². The highest BCUT2D eigenvalue weighted by Gasteiger charge is 2.25. The topological polar surface area (TPSA) is 53.5 Å². The van der Waals surface area contributed by atoms with Gasteiger partial charge in [-0.15, -0.1) is 0 Å². The van der Waals surface area contributed by atoms with Gasteiger partial charge in [-0.2, -0.15) is 0 Å². The second-order valence-corrected chi connectivity index (χ2v) is 5.32. The molecule has 1 atom stereocenters. The van der Waals surface area contributed by atoms with E-state index >= 15 is 0 Å². The normalized spacial score (nSPS) is 19.2. The van der Waals surface area contributed by atoms with Crippen molar-refractivity contribution in [3.8, 4) is 5.75 Å². The lowest BCUT2D eigenvalue weighted by Gasteiger charge is -2.37. The fourth-order valence-corrected chi connectivity index (χ4v) is 2.64. The van der Waals surface area contributed by atoms with Crippen LogP contribution in [0.3, 0.4) is 0 Å². The van der Waals surface area contributed by atoms with Crippen molar-refractivity contribution in [1.29, 1.82) is 0 Å². The van der Waals surface area contributed by atoms with Crippen LogP contribution in [0.4, 0.5) is 11.6 Å². The molecule has 6 heteroatoms. The van der Waals surface area contributed by atoms with Gasteiger partial charge in [0, 0.05) is 25.7 Å². The number of likely N-dealkylation sites (N-methyl/N-ethyl adjacent to an activating group) is 1. The number of rotatable bonds is 5. The molecular weight excluding hydrogens is 254 g/mol. The zero-order valence-corrected chi connectivity index (χ0v) is 12.9. The van der Waals surface area contributed by atoms with E-state index in [2.05, 4.69) is 39.2 Å². The fourth-order valence-electron chi connectivity index (χ4n) is 2.64. The lowest BCUT2D eigenvalue weighted by Crippen LogP contribution is -2.45. The van der Waals surface area contributed by atoms with Crippen LogP contribution in [-0.4, -0.2) is 61.7 Å². The molecule has 1 saturated heterocycles. The summed E-state index contributed by atoms with van der Waals surface area (Å²) in [4.78, 5) is 13.3. The number of aromatic nitrogens is 2. The quantitative estimate of drug-likeness (QED) is 0.880. The van der Waals surface area contributed by atoms with E-state index in [9.17, 15) is 0 Å². The van der Waals surface area contributed by atoms with Gasteiger partial charge >= 0.3 is 0 Å². The second kappa shape index (κ2) is 6.74. The van der Waals surface area contributed by atoms with Gasteiger partial charge in [-0.05, 0) is 33.9 Å². The standard InChI is InChI=1S/C14H25N5O/c1-5-15-13-12(20-4)14(17-10-16-13)19-8-6-7-11(9-19)18(2)3/h10-11H,5-9H2,1-4H3,(H,15,16,17). The van der Waals surface area contributed by atoms with Crippen molar-refractivity contribution in [1.82, 2.24) is 14.9 Å². The lowest BCUT2D eigenvalue weighted by molar-refractivity contribution is 0.256. The van der Waals surface area contributed by atoms with Crippen LogP contribution in [0.15, 0.2) is 6.33 Å². The Morgan fingerprint density at radius 2 is 2.25 bits per heavy atom. The maximum Gasteiger partial charge on any atom is 0.204 e. The molecule has 0 amide bonds. The third-order valence-corrected chi connectivity index (χ3v) is 3.76. The Balaban J connectivity index is 2.25. The van der Waals surface area contributed by atoms with E-state index in [-0.39, 0.29) is 0 Å². The highest BCUT2D eigenvalue weighted by molar-refractivity contribution is 5.64. The lowest BCUT2D eigenvalue weighted by atomic mass is 10.0. The van der Waals surface area contributed by atoms with Gasteiger partial charge in [0.15, 0.2) is 11.6 Å². The van der Waals surface area contributed by atoms with Gasteiger partial charge in [-0.1, -0.05) is 0 Å². The van der Waals surface area contributed by atoms with Crippen LogP contribution in [0.25, 0.3) is 0 Å². The van der Waals surface area contributed by atoms with Crippen molar-refractivity contribution in [2.24, 2.45) is 0 Å². The van der Waals surface area contributed by atoms with Crippen LogP contribution < -0.4 is 15.0 Å². The van der Waals surface area contributed by atoms with Gasteiger partial charge < -0.3 is 19.9 Å². The molecule has 1 aliphatic rings. The molecule has 0 spiro atoms. The number of hydrogen-bond donors (Lipinski definition) is 1. The number of methoxy groups -OCH3 is 1. The number of piperidine rings is 1. The van der Waals surface area contributed by atoms with Crippen LogP contribution in [0, 0.1) is 0 Å². The second-order valence-electron chi connectivity index (χ2n) is 5.32. The smallest absolute Gasteiger partial charge is 0.204 e. The first kappa shape index (κ1) is 14.8. The highest BCUT2D eigenvalue weighted by Crippen LogP contribution is 2.33. The van der Waals surface area contributed by atoms with Gasteiger partial charge in [0.25, 0.3) is 0 Å². The molecule has 0 saturated carbocycles. The van der Waals surface area contributed by atoms with Crippen molar-refractivity contribution in [2.45, 2.75) is 25.8 Å². The number of anilines is 2. The molecule has 112 valence electrons. The summed E-state index contributed by atoms with van der Waals surface area (Å²) in [6, 6.07) is 0.561. The first-order valence-electron chi connectivity index (χ1n) is 7.21. The molecule has 2 heterocycles. The van der Waals surface area contributed by atoms with Crippen LogP contribution in [0.2, 0.25) is 0 Å². The molecule has 0 bridgehead atoms. The van der Waals surface area contributed by atoms with Crippen LogP contribution >= 0.6 is 0 Å².